The van der Waals surface area contributed by atoms with Gasteiger partial charge in [-0.1, -0.05) is 6.08 Å². The Kier molecular flexibility index (Phi) is 2.50. The molecule has 1 aliphatic carbocycles. The van der Waals surface area contributed by atoms with Gasteiger partial charge in [-0.25, -0.2) is 4.79 Å². The van der Waals surface area contributed by atoms with E-state index < -0.39 is 0 Å². The molecule has 15 heavy (non-hydrogen) atoms. The highest BCUT2D eigenvalue weighted by Crippen LogP contribution is 2.33. The first-order valence-electron chi connectivity index (χ1n) is 5.20. The Morgan fingerprint density at radius 1 is 1.53 bits per heavy atom. The van der Waals surface area contributed by atoms with E-state index >= 15 is 0 Å². The van der Waals surface area contributed by atoms with E-state index in [1.807, 2.05) is 6.08 Å². The lowest BCUT2D eigenvalue weighted by Crippen LogP contribution is -2.45. The van der Waals surface area contributed by atoms with Crippen LogP contribution in [0.2, 0.25) is 0 Å². The quantitative estimate of drug-likeness (QED) is 0.598. The average Bonchev–Trinajstić information content (AvgIpc) is 2.52. The van der Waals surface area contributed by atoms with Crippen LogP contribution >= 0.6 is 0 Å². The van der Waals surface area contributed by atoms with Gasteiger partial charge in [0.1, 0.15) is 0 Å². The Morgan fingerprint density at radius 2 is 2.27 bits per heavy atom. The van der Waals surface area contributed by atoms with Gasteiger partial charge in [0.2, 0.25) is 5.91 Å². The van der Waals surface area contributed by atoms with E-state index in [2.05, 4.69) is 0 Å². The van der Waals surface area contributed by atoms with Crippen molar-refractivity contribution >= 4 is 11.9 Å². The first kappa shape index (κ1) is 10.2. The molecule has 0 saturated carbocycles. The molecule has 1 amide bonds. The van der Waals surface area contributed by atoms with E-state index in [0.29, 0.717) is 12.0 Å². The molecule has 0 aromatic rings. The number of methoxy groups -OCH3 is 1. The summed E-state index contributed by atoms with van der Waals surface area (Å²) in [7, 11) is 3.14. The lowest BCUT2D eigenvalue weighted by Gasteiger charge is -2.34. The SMILES string of the molecule is COC(=O)C1=CCC2CCC1N(C)C2=O. The fourth-order valence-corrected chi connectivity index (χ4v) is 2.44. The summed E-state index contributed by atoms with van der Waals surface area (Å²) in [5.74, 6) is -0.0861. The summed E-state index contributed by atoms with van der Waals surface area (Å²) in [6.07, 6.45) is 4.29. The van der Waals surface area contributed by atoms with Crippen molar-refractivity contribution in [3.8, 4) is 0 Å². The standard InChI is InChI=1S/C11H15NO3/c1-12-9-6-4-7(10(12)13)3-5-8(9)11(14)15-2/h5,7,9H,3-4,6H2,1-2H3. The van der Waals surface area contributed by atoms with Crippen LogP contribution in [0.4, 0.5) is 0 Å². The molecular weight excluding hydrogens is 194 g/mol. The van der Waals surface area contributed by atoms with Crippen molar-refractivity contribution in [3.05, 3.63) is 11.6 Å². The second-order valence-corrected chi connectivity index (χ2v) is 4.13. The normalized spacial score (nSPS) is 29.9. The number of allylic oxidation sites excluding steroid dienone is 1. The van der Waals surface area contributed by atoms with Gasteiger partial charge >= 0.3 is 5.97 Å². The molecule has 82 valence electrons. The fraction of sp³-hybridized carbons (Fsp3) is 0.636. The lowest BCUT2D eigenvalue weighted by molar-refractivity contribution is -0.140. The summed E-state index contributed by atoms with van der Waals surface area (Å²) < 4.78 is 4.73. The first-order chi connectivity index (χ1) is 7.15. The summed E-state index contributed by atoms with van der Waals surface area (Å²) in [6.45, 7) is 0. The van der Waals surface area contributed by atoms with Crippen molar-refractivity contribution in [1.29, 1.82) is 0 Å². The highest BCUT2D eigenvalue weighted by Gasteiger charge is 2.39. The summed E-state index contributed by atoms with van der Waals surface area (Å²) in [6, 6.07) is -0.0799. The van der Waals surface area contributed by atoms with Crippen LogP contribution in [-0.4, -0.2) is 37.0 Å². The van der Waals surface area contributed by atoms with Crippen LogP contribution in [0, 0.1) is 5.92 Å². The van der Waals surface area contributed by atoms with E-state index in [9.17, 15) is 9.59 Å². The van der Waals surface area contributed by atoms with Gasteiger partial charge in [-0.15, -0.1) is 0 Å². The number of carbonyl (C=O) groups excluding carboxylic acids is 2. The number of fused-ring (bicyclic) bond motifs is 3. The van der Waals surface area contributed by atoms with Crippen molar-refractivity contribution in [3.63, 3.8) is 0 Å². The van der Waals surface area contributed by atoms with Crippen LogP contribution in [0.15, 0.2) is 11.6 Å². The van der Waals surface area contributed by atoms with Crippen LogP contribution in [0.1, 0.15) is 19.3 Å². The van der Waals surface area contributed by atoms with Crippen LogP contribution < -0.4 is 0 Å². The van der Waals surface area contributed by atoms with Gasteiger partial charge in [0.05, 0.1) is 18.7 Å². The van der Waals surface area contributed by atoms with E-state index in [0.717, 1.165) is 12.8 Å². The van der Waals surface area contributed by atoms with Crippen molar-refractivity contribution in [2.75, 3.05) is 14.2 Å². The molecule has 0 aromatic carbocycles. The molecular formula is C11H15NO3. The Hall–Kier alpha value is -1.32. The molecule has 1 fully saturated rings. The molecule has 2 unspecified atom stereocenters. The van der Waals surface area contributed by atoms with Crippen LogP contribution in [0.25, 0.3) is 0 Å². The second kappa shape index (κ2) is 3.68. The maximum Gasteiger partial charge on any atom is 0.335 e. The maximum absolute atomic E-state index is 11.8. The minimum absolute atomic E-state index is 0.0633. The summed E-state index contributed by atoms with van der Waals surface area (Å²) in [4.78, 5) is 25.0. The van der Waals surface area contributed by atoms with Crippen LogP contribution in [0.3, 0.4) is 0 Å². The first-order valence-corrected chi connectivity index (χ1v) is 5.20. The van der Waals surface area contributed by atoms with E-state index in [1.54, 1.807) is 11.9 Å². The van der Waals surface area contributed by atoms with E-state index in [-0.39, 0.29) is 23.8 Å². The molecule has 2 bridgehead atoms. The summed E-state index contributed by atoms with van der Waals surface area (Å²) >= 11 is 0. The van der Waals surface area contributed by atoms with Crippen molar-refractivity contribution in [1.82, 2.24) is 4.90 Å². The molecule has 0 spiro atoms. The van der Waals surface area contributed by atoms with Gasteiger partial charge < -0.3 is 9.64 Å². The van der Waals surface area contributed by atoms with Gasteiger partial charge in [0.25, 0.3) is 0 Å². The molecule has 2 aliphatic heterocycles. The smallest absolute Gasteiger partial charge is 0.335 e. The Bertz CT molecular complexity index is 335. The number of hydrogen-bond donors (Lipinski definition) is 0. The molecule has 0 N–H and O–H groups in total. The summed E-state index contributed by atoms with van der Waals surface area (Å²) in [5, 5.41) is 0. The topological polar surface area (TPSA) is 46.6 Å². The van der Waals surface area contributed by atoms with E-state index in [1.165, 1.54) is 7.11 Å². The fourth-order valence-electron chi connectivity index (χ4n) is 2.44. The second-order valence-electron chi connectivity index (χ2n) is 4.13. The summed E-state index contributed by atoms with van der Waals surface area (Å²) in [5.41, 5.74) is 0.647. The molecule has 2 heterocycles. The number of likely N-dealkylation sites (N-methyl/N-ethyl adjacent to an activating group) is 1. The third-order valence-corrected chi connectivity index (χ3v) is 3.36. The number of esters is 1. The average molecular weight is 209 g/mol. The maximum atomic E-state index is 11.8. The number of ether oxygens (including phenoxy) is 1. The van der Waals surface area contributed by atoms with Gasteiger partial charge in [-0.2, -0.15) is 0 Å². The van der Waals surface area contributed by atoms with Gasteiger partial charge in [-0.3, -0.25) is 4.79 Å². The molecule has 4 nitrogen and oxygen atoms in total. The third-order valence-electron chi connectivity index (χ3n) is 3.36. The number of carbonyl (C=O) groups is 2. The predicted octanol–water partition coefficient (Wildman–Crippen LogP) is 0.726. The monoisotopic (exact) mass is 209 g/mol. The van der Waals surface area contributed by atoms with Crippen molar-refractivity contribution < 1.29 is 14.3 Å². The molecule has 3 rings (SSSR count). The molecule has 2 atom stereocenters. The number of amides is 1. The van der Waals surface area contributed by atoms with Crippen LogP contribution in [0.5, 0.6) is 0 Å². The predicted molar refractivity (Wildman–Crippen MR) is 54.0 cm³/mol. The van der Waals surface area contributed by atoms with Crippen LogP contribution in [-0.2, 0) is 14.3 Å². The van der Waals surface area contributed by atoms with E-state index in [4.69, 9.17) is 4.74 Å². The molecule has 0 radical (unpaired) electrons. The Morgan fingerprint density at radius 3 is 2.93 bits per heavy atom. The molecule has 3 aliphatic rings. The minimum Gasteiger partial charge on any atom is -0.466 e. The zero-order valence-corrected chi connectivity index (χ0v) is 9.03. The minimum atomic E-state index is -0.304. The number of piperidine rings is 1. The molecule has 1 saturated heterocycles. The largest absolute Gasteiger partial charge is 0.466 e. The molecule has 0 aromatic heterocycles. The Balaban J connectivity index is 2.31. The number of rotatable bonds is 1. The van der Waals surface area contributed by atoms with Crippen molar-refractivity contribution in [2.45, 2.75) is 25.3 Å². The zero-order valence-electron chi connectivity index (χ0n) is 9.03. The van der Waals surface area contributed by atoms with Gasteiger partial charge in [0.15, 0.2) is 0 Å². The molecule has 4 heteroatoms. The number of nitrogens with zero attached hydrogens (tertiary/aromatic N) is 1. The zero-order chi connectivity index (χ0) is 11.0. The van der Waals surface area contributed by atoms with Crippen molar-refractivity contribution in [2.24, 2.45) is 5.92 Å². The lowest BCUT2D eigenvalue weighted by atomic mass is 9.92. The Labute approximate surface area is 88.9 Å². The van der Waals surface area contributed by atoms with Gasteiger partial charge in [0, 0.05) is 13.0 Å². The number of hydrogen-bond acceptors (Lipinski definition) is 3. The van der Waals surface area contributed by atoms with Gasteiger partial charge in [-0.05, 0) is 19.3 Å². The third kappa shape index (κ3) is 1.54. The highest BCUT2D eigenvalue weighted by molar-refractivity contribution is 5.92. The highest BCUT2D eigenvalue weighted by atomic mass is 16.5.